The van der Waals surface area contributed by atoms with Gasteiger partial charge in [0.05, 0.1) is 22.5 Å². The van der Waals surface area contributed by atoms with Crippen molar-refractivity contribution in [1.29, 1.82) is 0 Å². The largest absolute Gasteiger partial charge is 0.376 e. The Balaban J connectivity index is 1.43. The van der Waals surface area contributed by atoms with Crippen LogP contribution >= 0.6 is 23.1 Å². The second-order valence-electron chi connectivity index (χ2n) is 9.04. The van der Waals surface area contributed by atoms with Crippen LogP contribution in [-0.4, -0.2) is 50.9 Å². The summed E-state index contributed by atoms with van der Waals surface area (Å²) in [5, 5.41) is 8.60. The number of anilines is 1. The first-order valence-electron chi connectivity index (χ1n) is 11.9. The van der Waals surface area contributed by atoms with Gasteiger partial charge in [-0.15, -0.1) is 0 Å². The zero-order valence-electron chi connectivity index (χ0n) is 20.0. The second-order valence-corrected chi connectivity index (χ2v) is 10.3. The van der Waals surface area contributed by atoms with Crippen LogP contribution < -0.4 is 16.0 Å². The van der Waals surface area contributed by atoms with Gasteiger partial charge >= 0.3 is 0 Å². The number of aromatic nitrogens is 3. The summed E-state index contributed by atoms with van der Waals surface area (Å²) in [7, 11) is 0. The van der Waals surface area contributed by atoms with Gasteiger partial charge in [-0.2, -0.15) is 4.37 Å². The molecule has 0 saturated carbocycles. The topological polar surface area (TPSA) is 127 Å². The van der Waals surface area contributed by atoms with Gasteiger partial charge < -0.3 is 25.3 Å². The number of fused-ring (bicyclic) bond motifs is 2. The lowest BCUT2D eigenvalue weighted by Gasteiger charge is -2.28. The number of ether oxygens (including phenoxy) is 1. The number of amides is 3. The van der Waals surface area contributed by atoms with Crippen LogP contribution in [0.15, 0.2) is 36.4 Å². The molecule has 3 N–H and O–H groups in total. The Bertz CT molecular complexity index is 1650. The molecule has 1 saturated heterocycles. The molecule has 2 aliphatic rings. The summed E-state index contributed by atoms with van der Waals surface area (Å²) in [6.45, 7) is 0.570. The highest BCUT2D eigenvalue weighted by molar-refractivity contribution is 7.13. The number of nitrogens with one attached hydrogen (secondary N) is 3. The molecule has 0 radical (unpaired) electrons. The molecule has 2 aromatic carbocycles. The van der Waals surface area contributed by atoms with Crippen LogP contribution in [0.3, 0.4) is 0 Å². The van der Waals surface area contributed by atoms with Gasteiger partial charge in [0.2, 0.25) is 11.7 Å². The zero-order chi connectivity index (χ0) is 27.3. The summed E-state index contributed by atoms with van der Waals surface area (Å²) in [6.07, 6.45) is 0.677. The van der Waals surface area contributed by atoms with Crippen LogP contribution in [0.2, 0.25) is 5.02 Å². The Morgan fingerprint density at radius 1 is 1.18 bits per heavy atom. The number of benzene rings is 2. The lowest BCUT2D eigenvalue weighted by molar-refractivity contribution is -0.123. The molecule has 0 bridgehead atoms. The van der Waals surface area contributed by atoms with Crippen LogP contribution in [0.1, 0.15) is 44.8 Å². The van der Waals surface area contributed by atoms with Crippen molar-refractivity contribution >= 4 is 56.8 Å². The summed E-state index contributed by atoms with van der Waals surface area (Å²) in [4.78, 5) is 43.6. The van der Waals surface area contributed by atoms with Crippen molar-refractivity contribution in [2.24, 2.45) is 0 Å². The molecule has 2 aliphatic heterocycles. The number of carbonyl (C=O) groups is 3. The van der Waals surface area contributed by atoms with Crippen molar-refractivity contribution in [2.75, 3.05) is 18.5 Å². The molecule has 6 rings (SSSR count). The van der Waals surface area contributed by atoms with Crippen LogP contribution in [0.4, 0.5) is 14.6 Å². The predicted octanol–water partition coefficient (Wildman–Crippen LogP) is 3.41. The van der Waals surface area contributed by atoms with Crippen LogP contribution in [0.25, 0.3) is 10.1 Å². The first kappa shape index (κ1) is 25.3. The predicted molar refractivity (Wildman–Crippen MR) is 138 cm³/mol. The first-order chi connectivity index (χ1) is 18.8. The molecular weight excluding hydrogens is 554 g/mol. The molecule has 200 valence electrons. The fourth-order valence-corrected chi connectivity index (χ4v) is 5.52. The molecule has 14 heteroatoms. The molecule has 39 heavy (non-hydrogen) atoms. The third kappa shape index (κ3) is 4.73. The summed E-state index contributed by atoms with van der Waals surface area (Å²) in [5.41, 5.74) is 0.383. The molecule has 4 heterocycles. The van der Waals surface area contributed by atoms with Crippen molar-refractivity contribution in [3.8, 4) is 0 Å². The van der Waals surface area contributed by atoms with Crippen molar-refractivity contribution in [1.82, 2.24) is 24.6 Å². The highest BCUT2D eigenvalue weighted by Gasteiger charge is 2.36. The Labute approximate surface area is 228 Å². The molecular formula is C25H19ClF2N6O4S. The van der Waals surface area contributed by atoms with Gasteiger partial charge in [0.25, 0.3) is 11.8 Å². The third-order valence-electron chi connectivity index (χ3n) is 6.52. The van der Waals surface area contributed by atoms with Crippen molar-refractivity contribution in [2.45, 2.75) is 25.1 Å². The fraction of sp³-hybridized carbons (Fsp3) is 0.240. The number of imidazole rings is 1. The minimum absolute atomic E-state index is 0.0374. The third-order valence-corrected chi connectivity index (χ3v) is 7.69. The molecule has 2 atom stereocenters. The van der Waals surface area contributed by atoms with Crippen molar-refractivity contribution in [3.63, 3.8) is 0 Å². The maximum absolute atomic E-state index is 14.2. The maximum atomic E-state index is 14.2. The van der Waals surface area contributed by atoms with E-state index in [1.165, 1.54) is 34.9 Å². The first-order valence-corrected chi connectivity index (χ1v) is 13.0. The van der Waals surface area contributed by atoms with Crippen LogP contribution in [-0.2, 0) is 16.1 Å². The van der Waals surface area contributed by atoms with E-state index in [9.17, 15) is 23.2 Å². The smallest absolute Gasteiger partial charge is 0.287 e. The van der Waals surface area contributed by atoms with Crippen molar-refractivity contribution in [3.05, 3.63) is 75.8 Å². The Hall–Kier alpha value is -3.94. The van der Waals surface area contributed by atoms with E-state index in [0.717, 1.165) is 24.0 Å². The molecule has 0 spiro atoms. The molecule has 10 nitrogen and oxygen atoms in total. The lowest BCUT2D eigenvalue weighted by atomic mass is 10.0. The summed E-state index contributed by atoms with van der Waals surface area (Å²) >= 11 is 7.39. The SMILES string of the molecule is O=C1Cn2c(C(=O)NCC3CCO3)nc(NC(=O)c3nsc4ccc(F)cc34)c2C(c2cc(F)ccc2Cl)N1. The standard InChI is InChI=1S/C25H19ClF2N6O4S/c26-16-3-1-11(27)7-14(16)19-21-22(32-24(36)20-15-8-12(28)2-4-17(15)39-33-20)31-23(34(21)10-18(35)30-19)25(37)29-9-13-5-6-38-13/h1-4,7-8,13,19H,5-6,9-10H2,(H,29,37)(H,30,35)(H,32,36). The average molecular weight is 573 g/mol. The van der Waals surface area contributed by atoms with Crippen molar-refractivity contribution < 1.29 is 27.9 Å². The van der Waals surface area contributed by atoms with Gasteiger partial charge in [0.15, 0.2) is 5.82 Å². The number of rotatable bonds is 6. The number of hydrogen-bond acceptors (Lipinski definition) is 7. The van der Waals surface area contributed by atoms with Gasteiger partial charge in [-0.1, -0.05) is 11.6 Å². The molecule has 3 amide bonds. The molecule has 4 aromatic rings. The fourth-order valence-electron chi connectivity index (χ4n) is 4.54. The lowest BCUT2D eigenvalue weighted by Crippen LogP contribution is -2.43. The summed E-state index contributed by atoms with van der Waals surface area (Å²) < 4.78 is 39.6. The van der Waals surface area contributed by atoms with E-state index in [1.54, 1.807) is 0 Å². The van der Waals surface area contributed by atoms with E-state index in [2.05, 4.69) is 25.3 Å². The van der Waals surface area contributed by atoms with Gasteiger partial charge in [0.1, 0.15) is 23.9 Å². The maximum Gasteiger partial charge on any atom is 0.287 e. The molecule has 2 aromatic heterocycles. The zero-order valence-corrected chi connectivity index (χ0v) is 21.5. The number of carbonyl (C=O) groups excluding carboxylic acids is 3. The van der Waals surface area contributed by atoms with Gasteiger partial charge in [-0.05, 0) is 54.4 Å². The molecule has 1 fully saturated rings. The number of halogens is 3. The quantitative estimate of drug-likeness (QED) is 0.325. The Morgan fingerprint density at radius 3 is 2.72 bits per heavy atom. The van der Waals surface area contributed by atoms with Gasteiger partial charge in [0, 0.05) is 29.1 Å². The normalized spacial score (nSPS) is 18.3. The van der Waals surface area contributed by atoms with E-state index in [4.69, 9.17) is 16.3 Å². The summed E-state index contributed by atoms with van der Waals surface area (Å²) in [5.74, 6) is -3.10. The minimum atomic E-state index is -1.04. The van der Waals surface area contributed by atoms with Gasteiger partial charge in [-0.25, -0.2) is 13.8 Å². The van der Waals surface area contributed by atoms with Crippen LogP contribution in [0, 0.1) is 11.6 Å². The minimum Gasteiger partial charge on any atom is -0.376 e. The number of hydrogen-bond donors (Lipinski definition) is 3. The van der Waals surface area contributed by atoms with E-state index < -0.39 is 35.4 Å². The van der Waals surface area contributed by atoms with E-state index in [1.807, 2.05) is 0 Å². The Morgan fingerprint density at radius 2 is 1.95 bits per heavy atom. The van der Waals surface area contributed by atoms with E-state index in [-0.39, 0.29) is 52.8 Å². The Kier molecular flexibility index (Phi) is 6.49. The van der Waals surface area contributed by atoms with Crippen LogP contribution in [0.5, 0.6) is 0 Å². The highest BCUT2D eigenvalue weighted by atomic mass is 35.5. The monoisotopic (exact) mass is 572 g/mol. The molecule has 0 aliphatic carbocycles. The average Bonchev–Trinajstić information content (AvgIpc) is 3.45. The highest BCUT2D eigenvalue weighted by Crippen LogP contribution is 2.36. The molecule has 2 unspecified atom stereocenters. The summed E-state index contributed by atoms with van der Waals surface area (Å²) in [6, 6.07) is 6.61. The second kappa shape index (κ2) is 9.98. The number of nitrogens with zero attached hydrogens (tertiary/aromatic N) is 3. The van der Waals surface area contributed by atoms with E-state index in [0.29, 0.717) is 16.7 Å². The van der Waals surface area contributed by atoms with E-state index >= 15 is 0 Å². The van der Waals surface area contributed by atoms with Gasteiger partial charge in [-0.3, -0.25) is 14.4 Å².